The molecule has 0 N–H and O–H groups in total. The lowest BCUT2D eigenvalue weighted by atomic mass is 9.71. The summed E-state index contributed by atoms with van der Waals surface area (Å²) in [5.41, 5.74) is 2.62. The molecule has 6 atom stereocenters. The molecule has 0 aromatic heterocycles. The van der Waals surface area contributed by atoms with Crippen LogP contribution in [0.5, 0.6) is 0 Å². The molecule has 2 heterocycles. The van der Waals surface area contributed by atoms with Crippen molar-refractivity contribution in [2.45, 2.75) is 19.4 Å². The van der Waals surface area contributed by atoms with E-state index >= 15 is 0 Å². The Hall–Kier alpha value is -3.19. The predicted octanol–water partition coefficient (Wildman–Crippen LogP) is 3.69. The molecule has 168 valence electrons. The Balaban J connectivity index is 1.28. The fourth-order valence-corrected chi connectivity index (χ4v) is 6.33. The highest BCUT2D eigenvalue weighted by Gasteiger charge is 2.70. The first-order chi connectivity index (χ1) is 16.0. The number of oxime groups is 1. The van der Waals surface area contributed by atoms with Gasteiger partial charge in [0.2, 0.25) is 11.8 Å². The molecule has 6 rings (SSSR count). The van der Waals surface area contributed by atoms with Crippen molar-refractivity contribution in [3.05, 3.63) is 64.7 Å². The zero-order chi connectivity index (χ0) is 22.9. The lowest BCUT2D eigenvalue weighted by molar-refractivity contribution is -0.125. The molecule has 33 heavy (non-hydrogen) atoms. The molecular weight excluding hydrogens is 444 g/mol. The maximum absolute atomic E-state index is 13.5. The SMILES string of the molecule is CCOC(=O)c1ccc(N2C(=O)[C@H]3[C@@H]4C[C@H]([C@H]5C(c6ccc(Cl)cc6)=NO[C@H]45)[C@@H]3C2=O)cc1. The molecule has 4 aliphatic rings. The summed E-state index contributed by atoms with van der Waals surface area (Å²) in [7, 11) is 0. The van der Waals surface area contributed by atoms with Crippen molar-refractivity contribution in [2.75, 3.05) is 11.5 Å². The maximum Gasteiger partial charge on any atom is 0.338 e. The standard InChI is InChI=1S/C25H21ClN2O5/c1-2-32-25(31)13-5-9-15(10-6-13)28-23(29)18-16-11-17(19(18)24(28)30)22-20(16)21(27-33-22)12-3-7-14(26)8-4-12/h3-10,16-20,22H,2,11H2,1H3/t16-,17-,18-,19-,20-,22+/m0/s1. The van der Waals surface area contributed by atoms with Gasteiger partial charge in [0.25, 0.3) is 0 Å². The monoisotopic (exact) mass is 464 g/mol. The highest BCUT2D eigenvalue weighted by Crippen LogP contribution is 2.62. The van der Waals surface area contributed by atoms with E-state index in [0.717, 1.165) is 17.7 Å². The molecular formula is C25H21ClN2O5. The molecule has 2 saturated carbocycles. The second-order valence-corrected chi connectivity index (χ2v) is 9.41. The minimum absolute atomic E-state index is 0.00202. The summed E-state index contributed by atoms with van der Waals surface area (Å²) in [6, 6.07) is 13.9. The number of halogens is 1. The number of amides is 2. The highest BCUT2D eigenvalue weighted by molar-refractivity contribution is 6.30. The van der Waals surface area contributed by atoms with Crippen molar-refractivity contribution in [1.29, 1.82) is 0 Å². The molecule has 2 aromatic carbocycles. The Kier molecular flexibility index (Phi) is 4.59. The third-order valence-electron chi connectivity index (χ3n) is 7.47. The maximum atomic E-state index is 13.5. The van der Waals surface area contributed by atoms with E-state index in [-0.39, 0.29) is 48.2 Å². The van der Waals surface area contributed by atoms with E-state index in [0.29, 0.717) is 16.3 Å². The van der Waals surface area contributed by atoms with Crippen LogP contribution in [0.3, 0.4) is 0 Å². The molecule has 0 spiro atoms. The van der Waals surface area contributed by atoms with Crippen LogP contribution in [0.15, 0.2) is 53.7 Å². The minimum Gasteiger partial charge on any atom is -0.462 e. The number of imide groups is 1. The number of rotatable bonds is 4. The average molecular weight is 465 g/mol. The van der Waals surface area contributed by atoms with Gasteiger partial charge < -0.3 is 9.57 Å². The topological polar surface area (TPSA) is 85.3 Å². The van der Waals surface area contributed by atoms with Crippen LogP contribution in [0.25, 0.3) is 0 Å². The number of hydrogen-bond donors (Lipinski definition) is 0. The van der Waals surface area contributed by atoms with Gasteiger partial charge in [0.1, 0.15) is 6.10 Å². The second kappa shape index (κ2) is 7.42. The molecule has 3 fully saturated rings. The van der Waals surface area contributed by atoms with Gasteiger partial charge in [-0.15, -0.1) is 0 Å². The summed E-state index contributed by atoms with van der Waals surface area (Å²) >= 11 is 6.03. The molecule has 2 bridgehead atoms. The molecule has 0 radical (unpaired) electrons. The van der Waals surface area contributed by atoms with Gasteiger partial charge in [-0.25, -0.2) is 4.79 Å². The Morgan fingerprint density at radius 3 is 2.36 bits per heavy atom. The van der Waals surface area contributed by atoms with E-state index in [4.69, 9.17) is 21.2 Å². The summed E-state index contributed by atoms with van der Waals surface area (Å²) in [6.45, 7) is 2.02. The van der Waals surface area contributed by atoms with Crippen molar-refractivity contribution in [3.63, 3.8) is 0 Å². The van der Waals surface area contributed by atoms with Gasteiger partial charge in [-0.05, 0) is 61.2 Å². The van der Waals surface area contributed by atoms with Crippen LogP contribution in [0.2, 0.25) is 5.02 Å². The van der Waals surface area contributed by atoms with Crippen LogP contribution >= 0.6 is 11.6 Å². The second-order valence-electron chi connectivity index (χ2n) is 8.97. The van der Waals surface area contributed by atoms with Crippen LogP contribution in [0.4, 0.5) is 5.69 Å². The van der Waals surface area contributed by atoms with Crippen molar-refractivity contribution >= 4 is 40.8 Å². The van der Waals surface area contributed by atoms with Crippen molar-refractivity contribution in [2.24, 2.45) is 34.7 Å². The number of ether oxygens (including phenoxy) is 1. The van der Waals surface area contributed by atoms with Crippen LogP contribution < -0.4 is 4.90 Å². The number of fused-ring (bicyclic) bond motifs is 8. The summed E-state index contributed by atoms with van der Waals surface area (Å²) in [5, 5.41) is 4.99. The summed E-state index contributed by atoms with van der Waals surface area (Å²) in [6.07, 6.45) is 0.592. The quantitative estimate of drug-likeness (QED) is 0.509. The fraction of sp³-hybridized carbons (Fsp3) is 0.360. The third kappa shape index (κ3) is 2.88. The molecule has 2 aliphatic heterocycles. The number of hydrogen-bond acceptors (Lipinski definition) is 6. The molecule has 2 amide bonds. The number of carbonyl (C=O) groups excluding carboxylic acids is 3. The van der Waals surface area contributed by atoms with Gasteiger partial charge in [0.15, 0.2) is 0 Å². The van der Waals surface area contributed by atoms with Gasteiger partial charge in [0.05, 0.1) is 35.4 Å². The minimum atomic E-state index is -0.433. The fourth-order valence-electron chi connectivity index (χ4n) is 6.20. The van der Waals surface area contributed by atoms with E-state index in [9.17, 15) is 14.4 Å². The van der Waals surface area contributed by atoms with Crippen molar-refractivity contribution in [3.8, 4) is 0 Å². The Morgan fingerprint density at radius 1 is 1.03 bits per heavy atom. The van der Waals surface area contributed by atoms with Gasteiger partial charge in [0, 0.05) is 16.9 Å². The Morgan fingerprint density at radius 2 is 1.70 bits per heavy atom. The number of anilines is 1. The van der Waals surface area contributed by atoms with Crippen LogP contribution in [0, 0.1) is 29.6 Å². The Labute approximate surface area is 195 Å². The molecule has 2 aromatic rings. The van der Waals surface area contributed by atoms with Gasteiger partial charge in [-0.3, -0.25) is 14.5 Å². The van der Waals surface area contributed by atoms with E-state index in [2.05, 4.69) is 5.16 Å². The smallest absolute Gasteiger partial charge is 0.338 e. The molecule has 8 heteroatoms. The number of nitrogens with zero attached hydrogens (tertiary/aromatic N) is 2. The molecule has 2 aliphatic carbocycles. The van der Waals surface area contributed by atoms with Crippen molar-refractivity contribution < 1.29 is 24.0 Å². The molecule has 7 nitrogen and oxygen atoms in total. The normalized spacial score (nSPS) is 31.3. The highest BCUT2D eigenvalue weighted by atomic mass is 35.5. The molecule has 0 unspecified atom stereocenters. The lowest BCUT2D eigenvalue weighted by Gasteiger charge is -2.29. The van der Waals surface area contributed by atoms with Crippen molar-refractivity contribution in [1.82, 2.24) is 0 Å². The first kappa shape index (κ1) is 20.4. The van der Waals surface area contributed by atoms with Gasteiger partial charge in [-0.2, -0.15) is 0 Å². The zero-order valence-corrected chi connectivity index (χ0v) is 18.6. The van der Waals surface area contributed by atoms with Crippen LogP contribution in [0.1, 0.15) is 29.3 Å². The third-order valence-corrected chi connectivity index (χ3v) is 7.72. The predicted molar refractivity (Wildman–Crippen MR) is 120 cm³/mol. The van der Waals surface area contributed by atoms with E-state index < -0.39 is 11.9 Å². The van der Waals surface area contributed by atoms with Crippen LogP contribution in [-0.2, 0) is 19.2 Å². The summed E-state index contributed by atoms with van der Waals surface area (Å²) in [4.78, 5) is 45.9. The zero-order valence-electron chi connectivity index (χ0n) is 17.8. The first-order valence-electron chi connectivity index (χ1n) is 11.1. The van der Waals surface area contributed by atoms with Gasteiger partial charge in [-0.1, -0.05) is 28.9 Å². The number of benzene rings is 2. The lowest BCUT2D eigenvalue weighted by Crippen LogP contribution is -2.41. The first-order valence-corrected chi connectivity index (χ1v) is 11.5. The largest absolute Gasteiger partial charge is 0.462 e. The number of carbonyl (C=O) groups is 3. The number of esters is 1. The summed E-state index contributed by atoms with van der Waals surface area (Å²) < 4.78 is 5.01. The van der Waals surface area contributed by atoms with Gasteiger partial charge >= 0.3 is 5.97 Å². The van der Waals surface area contributed by atoms with E-state index in [1.54, 1.807) is 31.2 Å². The molecule has 1 saturated heterocycles. The van der Waals surface area contributed by atoms with E-state index in [1.807, 2.05) is 24.3 Å². The average Bonchev–Trinajstić information content (AvgIpc) is 3.55. The Bertz CT molecular complexity index is 1190. The van der Waals surface area contributed by atoms with Crippen LogP contribution in [-0.4, -0.2) is 36.2 Å². The van der Waals surface area contributed by atoms with E-state index in [1.165, 1.54) is 4.90 Å². The summed E-state index contributed by atoms with van der Waals surface area (Å²) in [5.74, 6) is -1.63.